The normalized spacial score (nSPS) is 10.9. The molecule has 0 aromatic carbocycles. The van der Waals surface area contributed by atoms with Gasteiger partial charge in [0.25, 0.3) is 0 Å². The molecule has 0 atom stereocenters. The first-order valence-electron chi connectivity index (χ1n) is 6.65. The Morgan fingerprint density at radius 1 is 1.44 bits per heavy atom. The summed E-state index contributed by atoms with van der Waals surface area (Å²) in [6.07, 6.45) is 5.72. The lowest BCUT2D eigenvalue weighted by atomic mass is 9.97. The van der Waals surface area contributed by atoms with E-state index in [0.29, 0.717) is 12.4 Å². The molecule has 0 bridgehead atoms. The molecule has 0 radical (unpaired) electrons. The van der Waals surface area contributed by atoms with Gasteiger partial charge in [-0.15, -0.1) is 0 Å². The van der Waals surface area contributed by atoms with Crippen molar-refractivity contribution in [3.05, 3.63) is 11.8 Å². The SMILES string of the molecule is CCCC(CCC)C(=O)Nc1nn(C)cc1CN. The average Bonchev–Trinajstić information content (AvgIpc) is 2.69. The summed E-state index contributed by atoms with van der Waals surface area (Å²) in [6, 6.07) is 0. The Bertz CT molecular complexity index is 380. The number of carbonyl (C=O) groups excluding carboxylic acids is 1. The minimum atomic E-state index is 0.0621. The van der Waals surface area contributed by atoms with Gasteiger partial charge in [0.2, 0.25) is 5.91 Å². The Labute approximate surface area is 109 Å². The number of rotatable bonds is 7. The molecule has 0 fully saturated rings. The van der Waals surface area contributed by atoms with Crippen LogP contribution in [-0.2, 0) is 18.4 Å². The average molecular weight is 252 g/mol. The molecule has 1 heterocycles. The lowest BCUT2D eigenvalue weighted by Crippen LogP contribution is -2.23. The van der Waals surface area contributed by atoms with Gasteiger partial charge < -0.3 is 11.1 Å². The van der Waals surface area contributed by atoms with Gasteiger partial charge in [-0.1, -0.05) is 26.7 Å². The lowest BCUT2D eigenvalue weighted by Gasteiger charge is -2.14. The van der Waals surface area contributed by atoms with Gasteiger partial charge in [-0.25, -0.2) is 0 Å². The number of nitrogens with one attached hydrogen (secondary N) is 1. The molecule has 0 aliphatic heterocycles. The van der Waals surface area contributed by atoms with Crippen molar-refractivity contribution in [2.45, 2.75) is 46.1 Å². The molecule has 1 aromatic heterocycles. The second-order valence-electron chi connectivity index (χ2n) is 4.64. The van der Waals surface area contributed by atoms with Crippen LogP contribution in [0.1, 0.15) is 45.1 Å². The highest BCUT2D eigenvalue weighted by atomic mass is 16.2. The highest BCUT2D eigenvalue weighted by molar-refractivity contribution is 5.92. The molecule has 0 saturated carbocycles. The van der Waals surface area contributed by atoms with E-state index < -0.39 is 0 Å². The maximum atomic E-state index is 12.2. The first-order valence-corrected chi connectivity index (χ1v) is 6.65. The molecule has 0 aliphatic carbocycles. The number of hydrogen-bond donors (Lipinski definition) is 2. The predicted molar refractivity (Wildman–Crippen MR) is 73.0 cm³/mol. The highest BCUT2D eigenvalue weighted by Crippen LogP contribution is 2.18. The van der Waals surface area contributed by atoms with Gasteiger partial charge in [0.1, 0.15) is 0 Å². The predicted octanol–water partition coefficient (Wildman–Crippen LogP) is 2.03. The van der Waals surface area contributed by atoms with Gasteiger partial charge in [-0.2, -0.15) is 5.10 Å². The zero-order valence-corrected chi connectivity index (χ0v) is 11.6. The Balaban J connectivity index is 2.71. The van der Waals surface area contributed by atoms with E-state index in [1.54, 1.807) is 4.68 Å². The summed E-state index contributed by atoms with van der Waals surface area (Å²) in [7, 11) is 1.82. The number of nitrogens with two attached hydrogens (primary N) is 1. The fraction of sp³-hybridized carbons (Fsp3) is 0.692. The zero-order valence-electron chi connectivity index (χ0n) is 11.6. The van der Waals surface area contributed by atoms with Crippen LogP contribution in [0.25, 0.3) is 0 Å². The third-order valence-electron chi connectivity index (χ3n) is 3.01. The third kappa shape index (κ3) is 3.84. The summed E-state index contributed by atoms with van der Waals surface area (Å²) in [4.78, 5) is 12.2. The van der Waals surface area contributed by atoms with Crippen molar-refractivity contribution < 1.29 is 4.79 Å². The van der Waals surface area contributed by atoms with Gasteiger partial charge >= 0.3 is 0 Å². The summed E-state index contributed by atoms with van der Waals surface area (Å²) in [6.45, 7) is 4.58. The summed E-state index contributed by atoms with van der Waals surface area (Å²) < 4.78 is 1.67. The van der Waals surface area contributed by atoms with E-state index in [2.05, 4.69) is 24.3 Å². The maximum Gasteiger partial charge on any atom is 0.228 e. The van der Waals surface area contributed by atoms with Gasteiger partial charge in [0.15, 0.2) is 5.82 Å². The van der Waals surface area contributed by atoms with Crippen LogP contribution in [-0.4, -0.2) is 15.7 Å². The van der Waals surface area contributed by atoms with E-state index >= 15 is 0 Å². The molecule has 0 aliphatic rings. The van der Waals surface area contributed by atoms with Crippen molar-refractivity contribution in [3.63, 3.8) is 0 Å². The van der Waals surface area contributed by atoms with Crippen LogP contribution in [0.5, 0.6) is 0 Å². The molecule has 5 nitrogen and oxygen atoms in total. The molecular formula is C13H24N4O. The smallest absolute Gasteiger partial charge is 0.228 e. The van der Waals surface area contributed by atoms with Crippen molar-refractivity contribution >= 4 is 11.7 Å². The van der Waals surface area contributed by atoms with Crippen LogP contribution in [0.3, 0.4) is 0 Å². The first-order chi connectivity index (χ1) is 8.62. The first kappa shape index (κ1) is 14.7. The molecule has 1 rings (SSSR count). The van der Waals surface area contributed by atoms with Crippen molar-refractivity contribution in [1.29, 1.82) is 0 Å². The van der Waals surface area contributed by atoms with E-state index in [1.165, 1.54) is 0 Å². The Kier molecular flexibility index (Phi) is 5.85. The number of hydrogen-bond acceptors (Lipinski definition) is 3. The Morgan fingerprint density at radius 2 is 2.06 bits per heavy atom. The van der Waals surface area contributed by atoms with Crippen LogP contribution in [0.4, 0.5) is 5.82 Å². The fourth-order valence-corrected chi connectivity index (χ4v) is 2.11. The zero-order chi connectivity index (χ0) is 13.5. The van der Waals surface area contributed by atoms with Gasteiger partial charge in [0, 0.05) is 31.3 Å². The number of carbonyl (C=O) groups is 1. The Hall–Kier alpha value is -1.36. The third-order valence-corrected chi connectivity index (χ3v) is 3.01. The van der Waals surface area contributed by atoms with Crippen LogP contribution >= 0.6 is 0 Å². The summed E-state index contributed by atoms with van der Waals surface area (Å²) in [5, 5.41) is 7.13. The topological polar surface area (TPSA) is 72.9 Å². The number of amides is 1. The number of anilines is 1. The quantitative estimate of drug-likeness (QED) is 0.780. The summed E-state index contributed by atoms with van der Waals surface area (Å²) in [5.41, 5.74) is 6.50. The number of aryl methyl sites for hydroxylation is 1. The second-order valence-corrected chi connectivity index (χ2v) is 4.64. The lowest BCUT2D eigenvalue weighted by molar-refractivity contribution is -0.120. The van der Waals surface area contributed by atoms with E-state index in [9.17, 15) is 4.79 Å². The fourth-order valence-electron chi connectivity index (χ4n) is 2.11. The van der Waals surface area contributed by atoms with E-state index in [4.69, 9.17) is 5.73 Å². The van der Waals surface area contributed by atoms with Gasteiger partial charge in [0.05, 0.1) is 0 Å². The van der Waals surface area contributed by atoms with Crippen LogP contribution < -0.4 is 11.1 Å². The molecule has 3 N–H and O–H groups in total. The molecule has 1 amide bonds. The molecule has 0 saturated heterocycles. The maximum absolute atomic E-state index is 12.2. The van der Waals surface area contributed by atoms with Crippen LogP contribution in [0.15, 0.2) is 6.20 Å². The molecular weight excluding hydrogens is 228 g/mol. The molecule has 5 heteroatoms. The largest absolute Gasteiger partial charge is 0.326 e. The summed E-state index contributed by atoms with van der Waals surface area (Å²) >= 11 is 0. The second kappa shape index (κ2) is 7.16. The van der Waals surface area contributed by atoms with Crippen LogP contribution in [0, 0.1) is 5.92 Å². The standard InChI is InChI=1S/C13H24N4O/c1-4-6-10(7-5-2)13(18)15-12-11(8-14)9-17(3)16-12/h9-10H,4-8,14H2,1-3H3,(H,15,16,18). The number of nitrogens with zero attached hydrogens (tertiary/aromatic N) is 2. The molecule has 102 valence electrons. The monoisotopic (exact) mass is 252 g/mol. The van der Waals surface area contributed by atoms with Crippen molar-refractivity contribution in [3.8, 4) is 0 Å². The molecule has 1 aromatic rings. The summed E-state index contributed by atoms with van der Waals surface area (Å²) in [5.74, 6) is 0.738. The minimum absolute atomic E-state index is 0.0621. The number of aromatic nitrogens is 2. The van der Waals surface area contributed by atoms with Gasteiger partial charge in [-0.05, 0) is 12.8 Å². The van der Waals surface area contributed by atoms with E-state index in [0.717, 1.165) is 31.2 Å². The van der Waals surface area contributed by atoms with E-state index in [-0.39, 0.29) is 11.8 Å². The van der Waals surface area contributed by atoms with Gasteiger partial charge in [-0.3, -0.25) is 9.48 Å². The minimum Gasteiger partial charge on any atom is -0.326 e. The highest BCUT2D eigenvalue weighted by Gasteiger charge is 2.18. The van der Waals surface area contributed by atoms with Crippen molar-refractivity contribution in [2.24, 2.45) is 18.7 Å². The van der Waals surface area contributed by atoms with Crippen LogP contribution in [0.2, 0.25) is 0 Å². The van der Waals surface area contributed by atoms with Crippen molar-refractivity contribution in [2.75, 3.05) is 5.32 Å². The molecule has 18 heavy (non-hydrogen) atoms. The van der Waals surface area contributed by atoms with E-state index in [1.807, 2.05) is 13.2 Å². The molecule has 0 spiro atoms. The molecule has 0 unspecified atom stereocenters. The van der Waals surface area contributed by atoms with Crippen molar-refractivity contribution in [1.82, 2.24) is 9.78 Å². The Morgan fingerprint density at radius 3 is 2.56 bits per heavy atom.